The van der Waals surface area contributed by atoms with Gasteiger partial charge in [0.25, 0.3) is 0 Å². The van der Waals surface area contributed by atoms with Gasteiger partial charge in [-0.1, -0.05) is 39.7 Å². The van der Waals surface area contributed by atoms with Crippen LogP contribution in [0.4, 0.5) is 11.4 Å². The van der Waals surface area contributed by atoms with Crippen molar-refractivity contribution in [2.24, 2.45) is 0 Å². The summed E-state index contributed by atoms with van der Waals surface area (Å²) in [5.41, 5.74) is 2.03. The van der Waals surface area contributed by atoms with Gasteiger partial charge in [0.2, 0.25) is 15.9 Å². The molecule has 0 aliphatic rings. The summed E-state index contributed by atoms with van der Waals surface area (Å²) in [5.74, 6) is -0.167. The predicted molar refractivity (Wildman–Crippen MR) is 110 cm³/mol. The maximum absolute atomic E-state index is 12.2. The Labute approximate surface area is 167 Å². The van der Waals surface area contributed by atoms with Crippen LogP contribution in [0.15, 0.2) is 46.9 Å². The van der Waals surface area contributed by atoms with Gasteiger partial charge >= 0.3 is 0 Å². The van der Waals surface area contributed by atoms with Crippen LogP contribution in [0.1, 0.15) is 18.4 Å². The fourth-order valence-corrected chi connectivity index (χ4v) is 4.07. The maximum atomic E-state index is 12.2. The lowest BCUT2D eigenvalue weighted by Gasteiger charge is -2.24. The number of benzene rings is 2. The zero-order valence-electron chi connectivity index (χ0n) is 14.5. The summed E-state index contributed by atoms with van der Waals surface area (Å²) >= 11 is 9.36. The first kappa shape index (κ1) is 20.7. The van der Waals surface area contributed by atoms with E-state index in [0.29, 0.717) is 22.8 Å². The Morgan fingerprint density at radius 2 is 1.96 bits per heavy atom. The molecule has 2 aromatic rings. The van der Waals surface area contributed by atoms with Gasteiger partial charge in [0, 0.05) is 28.1 Å². The van der Waals surface area contributed by atoms with Crippen molar-refractivity contribution >= 4 is 54.8 Å². The summed E-state index contributed by atoms with van der Waals surface area (Å²) in [6.07, 6.45) is 1.74. The minimum Gasteiger partial charge on any atom is -0.326 e. The van der Waals surface area contributed by atoms with Gasteiger partial charge in [0.1, 0.15) is 0 Å². The summed E-state index contributed by atoms with van der Waals surface area (Å²) in [5, 5.41) is 3.26. The molecule has 0 saturated heterocycles. The number of anilines is 2. The highest BCUT2D eigenvalue weighted by Crippen LogP contribution is 2.26. The van der Waals surface area contributed by atoms with Gasteiger partial charge in [-0.05, 0) is 49.2 Å². The highest BCUT2D eigenvalue weighted by Gasteiger charge is 2.19. The van der Waals surface area contributed by atoms with E-state index < -0.39 is 10.0 Å². The molecule has 1 N–H and O–H groups in total. The van der Waals surface area contributed by atoms with E-state index in [1.807, 2.05) is 19.1 Å². The first-order chi connectivity index (χ1) is 12.2. The monoisotopic (exact) mass is 458 g/mol. The van der Waals surface area contributed by atoms with Crippen molar-refractivity contribution in [2.45, 2.75) is 19.8 Å². The summed E-state index contributed by atoms with van der Waals surface area (Å²) in [7, 11) is -3.48. The number of nitrogens with one attached hydrogen (secondary N) is 1. The second kappa shape index (κ2) is 8.88. The molecule has 0 saturated carbocycles. The summed E-state index contributed by atoms with van der Waals surface area (Å²) < 4.78 is 26.5. The zero-order valence-corrected chi connectivity index (χ0v) is 17.7. The van der Waals surface area contributed by atoms with Crippen LogP contribution in [-0.2, 0) is 14.8 Å². The van der Waals surface area contributed by atoms with Crippen LogP contribution >= 0.6 is 27.5 Å². The van der Waals surface area contributed by atoms with E-state index >= 15 is 0 Å². The molecule has 0 aliphatic heterocycles. The number of hydrogen-bond acceptors (Lipinski definition) is 3. The third kappa shape index (κ3) is 6.00. The average Bonchev–Trinajstić information content (AvgIpc) is 2.53. The minimum absolute atomic E-state index is 0.167. The highest BCUT2D eigenvalue weighted by molar-refractivity contribution is 9.10. The second-order valence-corrected chi connectivity index (χ2v) is 9.19. The molecule has 0 unspecified atom stereocenters. The van der Waals surface area contributed by atoms with E-state index in [4.69, 9.17) is 11.6 Å². The Balaban J connectivity index is 2.02. The fourth-order valence-electron chi connectivity index (χ4n) is 2.49. The van der Waals surface area contributed by atoms with Gasteiger partial charge in [-0.2, -0.15) is 0 Å². The number of rotatable bonds is 7. The Kier molecular flexibility index (Phi) is 7.08. The SMILES string of the molecule is Cc1ccc(Cl)cc1N(CCCC(=O)Nc1cccc(Br)c1)S(C)(=O)=O. The quantitative estimate of drug-likeness (QED) is 0.658. The van der Waals surface area contributed by atoms with Crippen molar-refractivity contribution in [1.29, 1.82) is 0 Å². The molecule has 0 aliphatic carbocycles. The largest absolute Gasteiger partial charge is 0.326 e. The smallest absolute Gasteiger partial charge is 0.232 e. The minimum atomic E-state index is -3.48. The predicted octanol–water partition coefficient (Wildman–Crippen LogP) is 4.60. The van der Waals surface area contributed by atoms with Crippen molar-refractivity contribution in [3.05, 3.63) is 57.5 Å². The van der Waals surface area contributed by atoms with E-state index in [-0.39, 0.29) is 18.9 Å². The van der Waals surface area contributed by atoms with Crippen LogP contribution in [0, 0.1) is 6.92 Å². The van der Waals surface area contributed by atoms with Crippen LogP contribution in [-0.4, -0.2) is 27.1 Å². The van der Waals surface area contributed by atoms with E-state index in [1.165, 1.54) is 4.31 Å². The van der Waals surface area contributed by atoms with Crippen molar-refractivity contribution in [1.82, 2.24) is 0 Å². The Hall–Kier alpha value is -1.57. The standard InChI is InChI=1S/C18H20BrClN2O3S/c1-13-8-9-15(20)12-17(13)22(26(2,24)25)10-4-7-18(23)21-16-6-3-5-14(19)11-16/h3,5-6,8-9,11-12H,4,7,10H2,1-2H3,(H,21,23). The van der Waals surface area contributed by atoms with E-state index in [0.717, 1.165) is 16.3 Å². The topological polar surface area (TPSA) is 66.5 Å². The number of amides is 1. The molecular formula is C18H20BrClN2O3S. The zero-order chi connectivity index (χ0) is 19.3. The molecule has 0 radical (unpaired) electrons. The van der Waals surface area contributed by atoms with Crippen molar-refractivity contribution < 1.29 is 13.2 Å². The van der Waals surface area contributed by atoms with Crippen LogP contribution < -0.4 is 9.62 Å². The summed E-state index contributed by atoms with van der Waals surface area (Å²) in [6.45, 7) is 2.02. The molecular weight excluding hydrogens is 440 g/mol. The van der Waals surface area contributed by atoms with E-state index in [2.05, 4.69) is 21.2 Å². The number of carbonyl (C=O) groups excluding carboxylic acids is 1. The van der Waals surface area contributed by atoms with Crippen LogP contribution in [0.3, 0.4) is 0 Å². The van der Waals surface area contributed by atoms with E-state index in [1.54, 1.807) is 30.3 Å². The fraction of sp³-hybridized carbons (Fsp3) is 0.278. The van der Waals surface area contributed by atoms with E-state index in [9.17, 15) is 13.2 Å². The average molecular weight is 460 g/mol. The molecule has 0 fully saturated rings. The second-order valence-electron chi connectivity index (χ2n) is 5.93. The maximum Gasteiger partial charge on any atom is 0.232 e. The molecule has 0 aromatic heterocycles. The molecule has 26 heavy (non-hydrogen) atoms. The third-order valence-electron chi connectivity index (χ3n) is 3.71. The molecule has 0 bridgehead atoms. The van der Waals surface area contributed by atoms with Gasteiger partial charge in [0.15, 0.2) is 0 Å². The molecule has 0 heterocycles. The van der Waals surface area contributed by atoms with Gasteiger partial charge < -0.3 is 5.32 Å². The Morgan fingerprint density at radius 1 is 1.23 bits per heavy atom. The number of carbonyl (C=O) groups is 1. The molecule has 2 rings (SSSR count). The van der Waals surface area contributed by atoms with Crippen LogP contribution in [0.2, 0.25) is 5.02 Å². The molecule has 140 valence electrons. The molecule has 0 spiro atoms. The number of halogens is 2. The molecule has 2 aromatic carbocycles. The molecule has 1 amide bonds. The van der Waals surface area contributed by atoms with Crippen molar-refractivity contribution in [3.8, 4) is 0 Å². The first-order valence-corrected chi connectivity index (χ1v) is 11.0. The lowest BCUT2D eigenvalue weighted by molar-refractivity contribution is -0.116. The van der Waals surface area contributed by atoms with Gasteiger partial charge in [-0.15, -0.1) is 0 Å². The van der Waals surface area contributed by atoms with Crippen LogP contribution in [0.25, 0.3) is 0 Å². The highest BCUT2D eigenvalue weighted by atomic mass is 79.9. The Bertz CT molecular complexity index is 903. The first-order valence-electron chi connectivity index (χ1n) is 7.96. The van der Waals surface area contributed by atoms with Crippen molar-refractivity contribution in [3.63, 3.8) is 0 Å². The van der Waals surface area contributed by atoms with Crippen molar-refractivity contribution in [2.75, 3.05) is 22.4 Å². The van der Waals surface area contributed by atoms with Crippen LogP contribution in [0.5, 0.6) is 0 Å². The lowest BCUT2D eigenvalue weighted by atomic mass is 10.2. The molecule has 8 heteroatoms. The summed E-state index contributed by atoms with van der Waals surface area (Å²) in [6, 6.07) is 12.4. The molecule has 0 atom stereocenters. The van der Waals surface area contributed by atoms with Gasteiger partial charge in [0.05, 0.1) is 11.9 Å². The Morgan fingerprint density at radius 3 is 2.62 bits per heavy atom. The van der Waals surface area contributed by atoms with Gasteiger partial charge in [-0.3, -0.25) is 9.10 Å². The third-order valence-corrected chi connectivity index (χ3v) is 5.62. The summed E-state index contributed by atoms with van der Waals surface area (Å²) in [4.78, 5) is 12.1. The number of hydrogen-bond donors (Lipinski definition) is 1. The lowest BCUT2D eigenvalue weighted by Crippen LogP contribution is -2.32. The number of sulfonamides is 1. The number of nitrogens with zero attached hydrogens (tertiary/aromatic N) is 1. The van der Waals surface area contributed by atoms with Gasteiger partial charge in [-0.25, -0.2) is 8.42 Å². The normalized spacial score (nSPS) is 11.2. The molecule has 5 nitrogen and oxygen atoms in total. The number of aryl methyl sites for hydroxylation is 1.